The number of hydrogen-bond acceptors (Lipinski definition) is 6. The average Bonchev–Trinajstić information content (AvgIpc) is 2.86. The van der Waals surface area contributed by atoms with Crippen LogP contribution in [0.25, 0.3) is 10.2 Å². The van der Waals surface area contributed by atoms with Crippen LogP contribution in [-0.2, 0) is 0 Å². The lowest BCUT2D eigenvalue weighted by atomic mass is 10.2. The van der Waals surface area contributed by atoms with Gasteiger partial charge in [0.1, 0.15) is 10.6 Å². The first-order valence-corrected chi connectivity index (χ1v) is 7.35. The largest absolute Gasteiger partial charge is 0.396 e. The van der Waals surface area contributed by atoms with Crippen molar-refractivity contribution >= 4 is 33.3 Å². The Morgan fingerprint density at radius 3 is 2.84 bits per heavy atom. The Morgan fingerprint density at radius 2 is 2.21 bits per heavy atom. The van der Waals surface area contributed by atoms with Gasteiger partial charge in [-0.15, -0.1) is 11.3 Å². The Morgan fingerprint density at radius 1 is 1.42 bits per heavy atom. The van der Waals surface area contributed by atoms with Gasteiger partial charge < -0.3 is 15.3 Å². The molecular weight excluding hydrogens is 260 g/mol. The molecular formula is C13H20N4OS. The summed E-state index contributed by atoms with van der Waals surface area (Å²) in [6.07, 6.45) is 0.739. The molecule has 0 saturated heterocycles. The van der Waals surface area contributed by atoms with E-state index < -0.39 is 0 Å². The Kier molecular flexibility index (Phi) is 4.55. The Balaban J connectivity index is 2.47. The molecule has 2 aromatic rings. The maximum atomic E-state index is 9.05. The Hall–Kier alpha value is -1.40. The predicted octanol–water partition coefficient (Wildman–Crippen LogP) is 2.33. The van der Waals surface area contributed by atoms with Crippen molar-refractivity contribution in [3.63, 3.8) is 0 Å². The summed E-state index contributed by atoms with van der Waals surface area (Å²) >= 11 is 1.62. The number of anilines is 2. The predicted molar refractivity (Wildman–Crippen MR) is 81.1 cm³/mol. The fourth-order valence-corrected chi connectivity index (χ4v) is 2.78. The van der Waals surface area contributed by atoms with Crippen molar-refractivity contribution in [1.82, 2.24) is 9.97 Å². The summed E-state index contributed by atoms with van der Waals surface area (Å²) < 4.78 is 0. The third-order valence-electron chi connectivity index (χ3n) is 2.98. The lowest BCUT2D eigenvalue weighted by molar-refractivity contribution is 0.288. The molecule has 0 aliphatic carbocycles. The van der Waals surface area contributed by atoms with E-state index in [9.17, 15) is 0 Å². The summed E-state index contributed by atoms with van der Waals surface area (Å²) in [5, 5.41) is 15.2. The molecule has 0 amide bonds. The Bertz CT molecular complexity index is 540. The van der Waals surface area contributed by atoms with E-state index in [-0.39, 0.29) is 6.61 Å². The van der Waals surface area contributed by atoms with Gasteiger partial charge in [-0.05, 0) is 31.7 Å². The molecule has 0 unspecified atom stereocenters. The van der Waals surface area contributed by atoms with Crippen LogP contribution in [0.2, 0.25) is 0 Å². The van der Waals surface area contributed by atoms with E-state index in [2.05, 4.69) is 40.1 Å². The van der Waals surface area contributed by atoms with E-state index in [4.69, 9.17) is 5.11 Å². The quantitative estimate of drug-likeness (QED) is 0.850. The second-order valence-electron chi connectivity index (χ2n) is 4.62. The topological polar surface area (TPSA) is 61.3 Å². The monoisotopic (exact) mass is 280 g/mol. The van der Waals surface area contributed by atoms with Gasteiger partial charge in [0.25, 0.3) is 0 Å². The summed E-state index contributed by atoms with van der Waals surface area (Å²) in [6, 6.07) is 2.39. The highest BCUT2D eigenvalue weighted by atomic mass is 32.1. The summed E-state index contributed by atoms with van der Waals surface area (Å²) in [4.78, 5) is 12.3. The second-order valence-corrected chi connectivity index (χ2v) is 5.52. The second kappa shape index (κ2) is 6.16. The van der Waals surface area contributed by atoms with Crippen LogP contribution in [0, 0.1) is 0 Å². The lowest BCUT2D eigenvalue weighted by Gasteiger charge is -2.28. The molecule has 0 fully saturated rings. The van der Waals surface area contributed by atoms with Gasteiger partial charge in [-0.3, -0.25) is 0 Å². The van der Waals surface area contributed by atoms with Gasteiger partial charge in [0, 0.05) is 26.2 Å². The van der Waals surface area contributed by atoms with E-state index in [1.54, 1.807) is 11.3 Å². The van der Waals surface area contributed by atoms with Gasteiger partial charge >= 0.3 is 0 Å². The minimum Gasteiger partial charge on any atom is -0.396 e. The number of thiophene rings is 1. The zero-order valence-corrected chi connectivity index (χ0v) is 12.4. The maximum Gasteiger partial charge on any atom is 0.225 e. The molecule has 2 heterocycles. The smallest absolute Gasteiger partial charge is 0.225 e. The molecule has 5 nitrogen and oxygen atoms in total. The van der Waals surface area contributed by atoms with Crippen molar-refractivity contribution in [2.24, 2.45) is 0 Å². The molecule has 0 aromatic carbocycles. The van der Waals surface area contributed by atoms with Crippen LogP contribution < -0.4 is 10.2 Å². The molecule has 0 radical (unpaired) electrons. The number of nitrogens with one attached hydrogen (secondary N) is 1. The number of nitrogens with zero attached hydrogens (tertiary/aromatic N) is 3. The highest BCUT2D eigenvalue weighted by Gasteiger charge is 2.17. The zero-order chi connectivity index (χ0) is 13.8. The Labute approximate surface area is 117 Å². The molecule has 0 atom stereocenters. The molecule has 2 rings (SSSR count). The van der Waals surface area contributed by atoms with E-state index in [1.807, 2.05) is 12.4 Å². The van der Waals surface area contributed by atoms with Crippen molar-refractivity contribution < 1.29 is 5.11 Å². The molecule has 0 bridgehead atoms. The normalized spacial score (nSPS) is 11.2. The molecule has 0 aliphatic heterocycles. The third-order valence-corrected chi connectivity index (χ3v) is 3.79. The van der Waals surface area contributed by atoms with Gasteiger partial charge in [0.05, 0.1) is 5.39 Å². The van der Waals surface area contributed by atoms with Gasteiger partial charge in [0.2, 0.25) is 5.95 Å². The van der Waals surface area contributed by atoms with E-state index in [0.29, 0.717) is 12.0 Å². The first kappa shape index (κ1) is 14.0. The number of aliphatic hydroxyl groups is 1. The van der Waals surface area contributed by atoms with Crippen LogP contribution in [0.3, 0.4) is 0 Å². The van der Waals surface area contributed by atoms with E-state index in [0.717, 1.165) is 29.0 Å². The number of rotatable bonds is 6. The highest BCUT2D eigenvalue weighted by molar-refractivity contribution is 7.16. The molecule has 104 valence electrons. The number of hydrogen-bond donors (Lipinski definition) is 2. The van der Waals surface area contributed by atoms with Gasteiger partial charge in [-0.1, -0.05) is 0 Å². The summed E-state index contributed by atoms with van der Waals surface area (Å²) in [7, 11) is 1.83. The fraction of sp³-hybridized carbons (Fsp3) is 0.538. The molecule has 0 aliphatic rings. The third kappa shape index (κ3) is 2.96. The first-order valence-electron chi connectivity index (χ1n) is 6.48. The SMILES string of the molecule is CNc1nc(N(CCCO)C(C)C)c2ccsc2n1. The number of aromatic nitrogens is 2. The van der Waals surface area contributed by atoms with Crippen molar-refractivity contribution in [1.29, 1.82) is 0 Å². The number of fused-ring (bicyclic) bond motifs is 1. The van der Waals surface area contributed by atoms with Gasteiger partial charge in [-0.2, -0.15) is 4.98 Å². The van der Waals surface area contributed by atoms with E-state index in [1.165, 1.54) is 0 Å². The van der Waals surface area contributed by atoms with Crippen LogP contribution in [0.15, 0.2) is 11.4 Å². The minimum absolute atomic E-state index is 0.194. The molecule has 2 aromatic heterocycles. The van der Waals surface area contributed by atoms with Crippen molar-refractivity contribution in [3.8, 4) is 0 Å². The van der Waals surface area contributed by atoms with Crippen LogP contribution in [-0.4, -0.2) is 41.3 Å². The average molecular weight is 280 g/mol. The van der Waals surface area contributed by atoms with Crippen molar-refractivity contribution in [2.75, 3.05) is 30.4 Å². The minimum atomic E-state index is 0.194. The number of aliphatic hydroxyl groups excluding tert-OH is 1. The zero-order valence-electron chi connectivity index (χ0n) is 11.6. The fourth-order valence-electron chi connectivity index (χ4n) is 2.02. The molecule has 19 heavy (non-hydrogen) atoms. The van der Waals surface area contributed by atoms with Crippen molar-refractivity contribution in [2.45, 2.75) is 26.3 Å². The van der Waals surface area contributed by atoms with Crippen LogP contribution in [0.4, 0.5) is 11.8 Å². The maximum absolute atomic E-state index is 9.05. The van der Waals surface area contributed by atoms with Crippen LogP contribution >= 0.6 is 11.3 Å². The summed E-state index contributed by atoms with van der Waals surface area (Å²) in [5.41, 5.74) is 0. The first-order chi connectivity index (χ1) is 9.17. The van der Waals surface area contributed by atoms with E-state index >= 15 is 0 Å². The molecule has 6 heteroatoms. The van der Waals surface area contributed by atoms with Gasteiger partial charge in [0.15, 0.2) is 0 Å². The summed E-state index contributed by atoms with van der Waals surface area (Å²) in [5.74, 6) is 1.58. The van der Waals surface area contributed by atoms with Gasteiger partial charge in [-0.25, -0.2) is 4.98 Å². The lowest BCUT2D eigenvalue weighted by Crippen LogP contribution is -2.33. The molecule has 0 spiro atoms. The molecule has 2 N–H and O–H groups in total. The summed E-state index contributed by atoms with van der Waals surface area (Å²) in [6.45, 7) is 5.26. The highest BCUT2D eigenvalue weighted by Crippen LogP contribution is 2.30. The van der Waals surface area contributed by atoms with Crippen LogP contribution in [0.1, 0.15) is 20.3 Å². The van der Waals surface area contributed by atoms with Crippen LogP contribution in [0.5, 0.6) is 0 Å². The molecule has 0 saturated carbocycles. The standard InChI is InChI=1S/C13H20N4OS/c1-9(2)17(6-4-7-18)11-10-5-8-19-12(10)16-13(14-3)15-11/h5,8-9,18H,4,6-7H2,1-3H3,(H,14,15,16). The van der Waals surface area contributed by atoms with Crippen molar-refractivity contribution in [3.05, 3.63) is 11.4 Å².